The number of nitrogens with one attached hydrogen (secondary N) is 1. The fraction of sp³-hybridized carbons (Fsp3) is 1.00. The van der Waals surface area contributed by atoms with Gasteiger partial charge in [-0.3, -0.25) is 5.32 Å². The molecule has 0 aromatic rings. The molecule has 0 atom stereocenters. The summed E-state index contributed by atoms with van der Waals surface area (Å²) < 4.78 is 0. The molecule has 0 aliphatic heterocycles. The average molecular weight is 89.1 g/mol. The first-order valence-electron chi connectivity index (χ1n) is 2.11. The molecular weight excluding hydrogens is 78.0 g/mol. The first-order chi connectivity index (χ1) is 2.77. The van der Waals surface area contributed by atoms with Crippen LogP contribution < -0.4 is 5.32 Å². The SMILES string of the molecule is CC(C)NCO. The standard InChI is InChI=1S/C4H11NO/c1-4(2)5-3-6/h4-6H,3H2,1-2H3. The molecule has 0 fully saturated rings. The Morgan fingerprint density at radius 1 is 1.67 bits per heavy atom. The molecule has 0 saturated heterocycles. The van der Waals surface area contributed by atoms with Crippen LogP contribution >= 0.6 is 0 Å². The molecule has 0 saturated carbocycles. The van der Waals surface area contributed by atoms with Crippen LogP contribution in [0.3, 0.4) is 0 Å². The summed E-state index contributed by atoms with van der Waals surface area (Å²) in [5.41, 5.74) is 0. The lowest BCUT2D eigenvalue weighted by molar-refractivity contribution is 0.248. The molecule has 38 valence electrons. The van der Waals surface area contributed by atoms with Gasteiger partial charge in [-0.05, 0) is 13.8 Å². The van der Waals surface area contributed by atoms with E-state index in [1.165, 1.54) is 0 Å². The van der Waals surface area contributed by atoms with E-state index in [0.717, 1.165) is 0 Å². The maximum atomic E-state index is 8.13. The van der Waals surface area contributed by atoms with E-state index >= 15 is 0 Å². The van der Waals surface area contributed by atoms with Crippen molar-refractivity contribution in [3.05, 3.63) is 0 Å². The van der Waals surface area contributed by atoms with Crippen LogP contribution in [-0.4, -0.2) is 17.9 Å². The Hall–Kier alpha value is -0.0800. The summed E-state index contributed by atoms with van der Waals surface area (Å²) in [6, 6.07) is 0.398. The predicted octanol–water partition coefficient (Wildman–Crippen LogP) is -0.0658. The molecule has 2 N–H and O–H groups in total. The Balaban J connectivity index is 2.63. The normalized spacial score (nSPS) is 10.0. The van der Waals surface area contributed by atoms with Crippen LogP contribution in [-0.2, 0) is 0 Å². The van der Waals surface area contributed by atoms with Gasteiger partial charge in [-0.25, -0.2) is 0 Å². The summed E-state index contributed by atoms with van der Waals surface area (Å²) in [6.45, 7) is 4.05. The largest absolute Gasteiger partial charge is 0.381 e. The van der Waals surface area contributed by atoms with E-state index in [1.807, 2.05) is 13.8 Å². The highest BCUT2D eigenvalue weighted by atomic mass is 16.3. The number of hydrogen-bond donors (Lipinski definition) is 2. The van der Waals surface area contributed by atoms with Crippen LogP contribution in [0.15, 0.2) is 0 Å². The van der Waals surface area contributed by atoms with E-state index in [4.69, 9.17) is 5.11 Å². The summed E-state index contributed by atoms with van der Waals surface area (Å²) >= 11 is 0. The van der Waals surface area contributed by atoms with Crippen LogP contribution in [0.4, 0.5) is 0 Å². The van der Waals surface area contributed by atoms with E-state index in [-0.39, 0.29) is 6.73 Å². The average Bonchev–Trinajstić information content (AvgIpc) is 1.35. The Morgan fingerprint density at radius 2 is 2.17 bits per heavy atom. The number of rotatable bonds is 2. The number of aliphatic hydroxyl groups is 1. The zero-order valence-electron chi connectivity index (χ0n) is 4.23. The van der Waals surface area contributed by atoms with Crippen molar-refractivity contribution in [2.75, 3.05) is 6.73 Å². The van der Waals surface area contributed by atoms with E-state index in [1.54, 1.807) is 0 Å². The smallest absolute Gasteiger partial charge is 0.0933 e. The minimum atomic E-state index is 0.0810. The molecule has 0 spiro atoms. The van der Waals surface area contributed by atoms with Gasteiger partial charge in [0.15, 0.2) is 0 Å². The molecule has 6 heavy (non-hydrogen) atoms. The third-order valence-electron chi connectivity index (χ3n) is 0.500. The molecule has 0 aliphatic carbocycles. The number of aliphatic hydroxyl groups excluding tert-OH is 1. The first kappa shape index (κ1) is 5.92. The van der Waals surface area contributed by atoms with Gasteiger partial charge in [-0.2, -0.15) is 0 Å². The minimum absolute atomic E-state index is 0.0810. The quantitative estimate of drug-likeness (QED) is 0.464. The summed E-state index contributed by atoms with van der Waals surface area (Å²) in [7, 11) is 0. The third kappa shape index (κ3) is 3.92. The lowest BCUT2D eigenvalue weighted by Gasteiger charge is -2.00. The van der Waals surface area contributed by atoms with Gasteiger partial charge in [0, 0.05) is 6.04 Å². The molecular formula is C4H11NO. The molecule has 0 bridgehead atoms. The fourth-order valence-electron chi connectivity index (χ4n) is 0.183. The Labute approximate surface area is 38.2 Å². The Bertz CT molecular complexity index is 28.7. The van der Waals surface area contributed by atoms with Gasteiger partial charge in [-0.1, -0.05) is 0 Å². The lowest BCUT2D eigenvalue weighted by Crippen LogP contribution is -2.22. The fourth-order valence-corrected chi connectivity index (χ4v) is 0.183. The molecule has 2 heteroatoms. The number of hydrogen-bond acceptors (Lipinski definition) is 2. The molecule has 2 nitrogen and oxygen atoms in total. The van der Waals surface area contributed by atoms with Gasteiger partial charge in [0.25, 0.3) is 0 Å². The second-order valence-electron chi connectivity index (χ2n) is 1.52. The van der Waals surface area contributed by atoms with Crippen molar-refractivity contribution in [1.82, 2.24) is 5.32 Å². The maximum absolute atomic E-state index is 8.13. The van der Waals surface area contributed by atoms with Crippen molar-refractivity contribution in [2.24, 2.45) is 0 Å². The molecule has 0 radical (unpaired) electrons. The van der Waals surface area contributed by atoms with Crippen molar-refractivity contribution in [1.29, 1.82) is 0 Å². The van der Waals surface area contributed by atoms with Gasteiger partial charge in [0.2, 0.25) is 0 Å². The van der Waals surface area contributed by atoms with Gasteiger partial charge in [0.05, 0.1) is 6.73 Å². The van der Waals surface area contributed by atoms with Crippen LogP contribution in [0, 0.1) is 0 Å². The summed E-state index contributed by atoms with van der Waals surface area (Å²) in [5.74, 6) is 0. The second-order valence-corrected chi connectivity index (χ2v) is 1.52. The predicted molar refractivity (Wildman–Crippen MR) is 25.4 cm³/mol. The van der Waals surface area contributed by atoms with E-state index < -0.39 is 0 Å². The molecule has 0 rings (SSSR count). The van der Waals surface area contributed by atoms with Crippen LogP contribution in [0.2, 0.25) is 0 Å². The van der Waals surface area contributed by atoms with Crippen LogP contribution in [0.1, 0.15) is 13.8 Å². The minimum Gasteiger partial charge on any atom is -0.381 e. The lowest BCUT2D eigenvalue weighted by atomic mass is 10.4. The van der Waals surface area contributed by atoms with Crippen molar-refractivity contribution in [3.8, 4) is 0 Å². The van der Waals surface area contributed by atoms with Crippen molar-refractivity contribution < 1.29 is 5.11 Å². The molecule has 0 aliphatic rings. The Kier molecular flexibility index (Phi) is 3.08. The van der Waals surface area contributed by atoms with Crippen LogP contribution in [0.5, 0.6) is 0 Å². The molecule has 0 aromatic heterocycles. The van der Waals surface area contributed by atoms with Gasteiger partial charge in [0.1, 0.15) is 0 Å². The van der Waals surface area contributed by atoms with Crippen molar-refractivity contribution in [2.45, 2.75) is 19.9 Å². The second kappa shape index (κ2) is 3.12. The summed E-state index contributed by atoms with van der Waals surface area (Å²) in [4.78, 5) is 0. The first-order valence-corrected chi connectivity index (χ1v) is 2.11. The van der Waals surface area contributed by atoms with E-state index in [0.29, 0.717) is 6.04 Å². The van der Waals surface area contributed by atoms with Gasteiger partial charge < -0.3 is 5.11 Å². The molecule has 0 heterocycles. The molecule has 0 amide bonds. The van der Waals surface area contributed by atoms with Crippen LogP contribution in [0.25, 0.3) is 0 Å². The highest BCUT2D eigenvalue weighted by Crippen LogP contribution is 1.69. The van der Waals surface area contributed by atoms with E-state index in [2.05, 4.69) is 5.32 Å². The van der Waals surface area contributed by atoms with Gasteiger partial charge >= 0.3 is 0 Å². The van der Waals surface area contributed by atoms with E-state index in [9.17, 15) is 0 Å². The van der Waals surface area contributed by atoms with Crippen molar-refractivity contribution in [3.63, 3.8) is 0 Å². The highest BCUT2D eigenvalue weighted by Gasteiger charge is 1.82. The summed E-state index contributed by atoms with van der Waals surface area (Å²) in [6.07, 6.45) is 0. The maximum Gasteiger partial charge on any atom is 0.0933 e. The van der Waals surface area contributed by atoms with Crippen molar-refractivity contribution >= 4 is 0 Å². The monoisotopic (exact) mass is 89.1 g/mol. The van der Waals surface area contributed by atoms with Gasteiger partial charge in [-0.15, -0.1) is 0 Å². The topological polar surface area (TPSA) is 32.3 Å². The zero-order valence-corrected chi connectivity index (χ0v) is 4.23. The highest BCUT2D eigenvalue weighted by molar-refractivity contribution is 4.43. The third-order valence-corrected chi connectivity index (χ3v) is 0.500. The Morgan fingerprint density at radius 3 is 2.17 bits per heavy atom. The summed E-state index contributed by atoms with van der Waals surface area (Å²) in [5, 5.41) is 10.9. The molecule has 0 unspecified atom stereocenters. The zero-order chi connectivity index (χ0) is 4.99. The molecule has 0 aromatic carbocycles.